The van der Waals surface area contributed by atoms with Gasteiger partial charge in [-0.1, -0.05) is 6.92 Å². The predicted octanol–water partition coefficient (Wildman–Crippen LogP) is 2.74. The van der Waals surface area contributed by atoms with Crippen LogP contribution in [0.15, 0.2) is 23.1 Å². The number of sulfonamides is 1. The van der Waals surface area contributed by atoms with Gasteiger partial charge >= 0.3 is 5.97 Å². The molecule has 4 rings (SSSR count). The predicted molar refractivity (Wildman–Crippen MR) is 120 cm³/mol. The first kappa shape index (κ1) is 22.7. The van der Waals surface area contributed by atoms with Crippen molar-refractivity contribution in [1.29, 1.82) is 0 Å². The third-order valence-electron chi connectivity index (χ3n) is 6.46. The lowest BCUT2D eigenvalue weighted by Gasteiger charge is -2.30. The van der Waals surface area contributed by atoms with Gasteiger partial charge in [0.25, 0.3) is 0 Å². The molecule has 0 unspecified atom stereocenters. The smallest absolute Gasteiger partial charge is 0.336 e. The van der Waals surface area contributed by atoms with Crippen LogP contribution in [0.25, 0.3) is 10.9 Å². The van der Waals surface area contributed by atoms with E-state index in [2.05, 4.69) is 10.3 Å². The Kier molecular flexibility index (Phi) is 6.48. The average Bonchev–Trinajstić information content (AvgIpc) is 2.80. The molecular formula is C23H29N3O5S. The summed E-state index contributed by atoms with van der Waals surface area (Å²) in [6, 6.07) is 4.57. The largest absolute Gasteiger partial charge is 0.478 e. The summed E-state index contributed by atoms with van der Waals surface area (Å²) in [5, 5.41) is 13.1. The summed E-state index contributed by atoms with van der Waals surface area (Å²) in [5.74, 6) is -1.25. The molecule has 172 valence electrons. The number of aryl methyl sites for hydroxylation is 1. The number of carbonyl (C=O) groups excluding carboxylic acids is 1. The first-order valence-electron chi connectivity index (χ1n) is 11.3. The zero-order chi connectivity index (χ0) is 22.9. The number of nitrogens with one attached hydrogen (secondary N) is 1. The van der Waals surface area contributed by atoms with E-state index >= 15 is 0 Å². The number of hydrogen-bond acceptors (Lipinski definition) is 5. The highest BCUT2D eigenvalue weighted by Gasteiger charge is 2.32. The number of carboxylic acids is 1. The topological polar surface area (TPSA) is 117 Å². The Morgan fingerprint density at radius 2 is 1.91 bits per heavy atom. The van der Waals surface area contributed by atoms with Gasteiger partial charge < -0.3 is 10.4 Å². The second kappa shape index (κ2) is 9.15. The van der Waals surface area contributed by atoms with Crippen molar-refractivity contribution >= 4 is 32.8 Å². The molecule has 2 aliphatic rings. The second-order valence-corrected chi connectivity index (χ2v) is 10.5. The number of aromatic nitrogens is 1. The molecule has 1 saturated heterocycles. The van der Waals surface area contributed by atoms with Gasteiger partial charge in [0.2, 0.25) is 15.9 Å². The number of fused-ring (bicyclic) bond motifs is 2. The maximum absolute atomic E-state index is 13.3. The Labute approximate surface area is 188 Å². The Balaban J connectivity index is 1.63. The minimum Gasteiger partial charge on any atom is -0.478 e. The van der Waals surface area contributed by atoms with Gasteiger partial charge in [0.05, 0.1) is 16.0 Å². The number of amides is 1. The number of nitrogens with zero attached hydrogens (tertiary/aromatic N) is 2. The molecule has 0 spiro atoms. The number of rotatable bonds is 6. The van der Waals surface area contributed by atoms with E-state index in [0.717, 1.165) is 36.9 Å². The third-order valence-corrected chi connectivity index (χ3v) is 8.35. The van der Waals surface area contributed by atoms with Crippen molar-refractivity contribution in [3.05, 3.63) is 35.0 Å². The van der Waals surface area contributed by atoms with Gasteiger partial charge in [0.1, 0.15) is 0 Å². The zero-order valence-electron chi connectivity index (χ0n) is 18.3. The fraction of sp³-hybridized carbons (Fsp3) is 0.522. The lowest BCUT2D eigenvalue weighted by Crippen LogP contribution is -2.43. The molecule has 2 heterocycles. The fourth-order valence-electron chi connectivity index (χ4n) is 4.71. The number of benzene rings is 1. The van der Waals surface area contributed by atoms with E-state index in [1.165, 1.54) is 16.4 Å². The van der Waals surface area contributed by atoms with E-state index in [1.807, 2.05) is 6.92 Å². The molecule has 1 aliphatic carbocycles. The van der Waals surface area contributed by atoms with Crippen LogP contribution >= 0.6 is 0 Å². The number of piperidine rings is 1. The molecule has 1 aliphatic heterocycles. The van der Waals surface area contributed by atoms with Crippen LogP contribution < -0.4 is 5.32 Å². The zero-order valence-corrected chi connectivity index (χ0v) is 19.1. The molecule has 8 nitrogen and oxygen atoms in total. The maximum atomic E-state index is 13.3. The van der Waals surface area contributed by atoms with Gasteiger partial charge in [-0.3, -0.25) is 9.78 Å². The van der Waals surface area contributed by atoms with E-state index < -0.39 is 16.0 Å². The van der Waals surface area contributed by atoms with Crippen molar-refractivity contribution in [3.8, 4) is 0 Å². The normalized spacial score (nSPS) is 17.8. The second-order valence-electron chi connectivity index (χ2n) is 8.57. The van der Waals surface area contributed by atoms with Gasteiger partial charge in [-0.05, 0) is 68.7 Å². The van der Waals surface area contributed by atoms with Crippen LogP contribution in [-0.2, 0) is 27.7 Å². The molecule has 0 radical (unpaired) electrons. The molecule has 0 bridgehead atoms. The summed E-state index contributed by atoms with van der Waals surface area (Å²) in [6.45, 7) is 3.13. The first-order valence-corrected chi connectivity index (χ1v) is 12.7. The number of aromatic carboxylic acids is 1. The van der Waals surface area contributed by atoms with Crippen molar-refractivity contribution in [1.82, 2.24) is 14.6 Å². The highest BCUT2D eigenvalue weighted by molar-refractivity contribution is 7.89. The molecule has 1 aromatic heterocycles. The lowest BCUT2D eigenvalue weighted by atomic mass is 9.90. The van der Waals surface area contributed by atoms with Gasteiger partial charge in [-0.2, -0.15) is 4.31 Å². The average molecular weight is 460 g/mol. The molecular weight excluding hydrogens is 430 g/mol. The van der Waals surface area contributed by atoms with Crippen LogP contribution in [0, 0.1) is 5.92 Å². The summed E-state index contributed by atoms with van der Waals surface area (Å²) >= 11 is 0. The minimum absolute atomic E-state index is 0.0171. The van der Waals surface area contributed by atoms with E-state index in [4.69, 9.17) is 0 Å². The molecule has 0 atom stereocenters. The van der Waals surface area contributed by atoms with Crippen LogP contribution in [0.4, 0.5) is 0 Å². The molecule has 1 aromatic carbocycles. The maximum Gasteiger partial charge on any atom is 0.336 e. The van der Waals surface area contributed by atoms with Crippen molar-refractivity contribution in [2.75, 3.05) is 19.6 Å². The van der Waals surface area contributed by atoms with Crippen LogP contribution in [0.5, 0.6) is 0 Å². The lowest BCUT2D eigenvalue weighted by molar-refractivity contribution is -0.126. The Morgan fingerprint density at radius 1 is 1.19 bits per heavy atom. The summed E-state index contributed by atoms with van der Waals surface area (Å²) < 4.78 is 28.0. The molecule has 32 heavy (non-hydrogen) atoms. The van der Waals surface area contributed by atoms with E-state index in [9.17, 15) is 23.1 Å². The van der Waals surface area contributed by atoms with Crippen LogP contribution in [0.2, 0.25) is 0 Å². The summed E-state index contributed by atoms with van der Waals surface area (Å²) in [7, 11) is -3.80. The molecule has 2 aromatic rings. The Morgan fingerprint density at radius 3 is 2.59 bits per heavy atom. The van der Waals surface area contributed by atoms with Crippen molar-refractivity contribution in [3.63, 3.8) is 0 Å². The Hall–Kier alpha value is -2.52. The van der Waals surface area contributed by atoms with Crippen molar-refractivity contribution < 1.29 is 23.1 Å². The summed E-state index contributed by atoms with van der Waals surface area (Å²) in [5.41, 5.74) is 2.21. The fourth-order valence-corrected chi connectivity index (χ4v) is 6.20. The first-order chi connectivity index (χ1) is 15.3. The Bertz CT molecular complexity index is 1150. The number of pyridine rings is 1. The summed E-state index contributed by atoms with van der Waals surface area (Å²) in [6.07, 6.45) is 5.06. The highest BCUT2D eigenvalue weighted by atomic mass is 32.2. The van der Waals surface area contributed by atoms with Crippen LogP contribution in [0.3, 0.4) is 0 Å². The molecule has 0 saturated carbocycles. The van der Waals surface area contributed by atoms with Crippen molar-refractivity contribution in [2.24, 2.45) is 5.92 Å². The van der Waals surface area contributed by atoms with Crippen LogP contribution in [0.1, 0.15) is 60.6 Å². The van der Waals surface area contributed by atoms with Gasteiger partial charge in [-0.25, -0.2) is 13.2 Å². The molecule has 2 N–H and O–H groups in total. The minimum atomic E-state index is -3.80. The third kappa shape index (κ3) is 4.23. The highest BCUT2D eigenvalue weighted by Crippen LogP contribution is 2.32. The van der Waals surface area contributed by atoms with Gasteiger partial charge in [-0.15, -0.1) is 0 Å². The molecule has 1 amide bonds. The van der Waals surface area contributed by atoms with Gasteiger partial charge in [0.15, 0.2) is 0 Å². The number of hydrogen-bond donors (Lipinski definition) is 2. The quantitative estimate of drug-likeness (QED) is 0.686. The van der Waals surface area contributed by atoms with Crippen LogP contribution in [-0.4, -0.2) is 54.3 Å². The standard InChI is InChI=1S/C23H29N3O5S/c1-2-11-24-22(27)15-9-12-26(13-10-15)32(30,31)16-7-8-20-18(14-16)21(23(28)29)17-5-3-4-6-19(17)25-20/h7-8,14-15H,2-6,9-13H2,1H3,(H,24,27)(H,28,29). The number of carbonyl (C=O) groups is 2. The summed E-state index contributed by atoms with van der Waals surface area (Å²) in [4.78, 5) is 29.0. The monoisotopic (exact) mass is 459 g/mol. The van der Waals surface area contributed by atoms with Crippen molar-refractivity contribution in [2.45, 2.75) is 56.8 Å². The SMILES string of the molecule is CCCNC(=O)C1CCN(S(=O)(=O)c2ccc3nc4c(c(C(=O)O)c3c2)CCCC4)CC1. The van der Waals surface area contributed by atoms with Gasteiger partial charge in [0, 0.05) is 36.6 Å². The number of carboxylic acid groups (broad SMARTS) is 1. The molecule has 9 heteroatoms. The van der Waals surface area contributed by atoms with E-state index in [1.54, 1.807) is 6.07 Å². The van der Waals surface area contributed by atoms with E-state index in [-0.39, 0.29) is 35.4 Å². The molecule has 1 fully saturated rings. The van der Waals surface area contributed by atoms with E-state index in [0.29, 0.717) is 36.7 Å².